The van der Waals surface area contributed by atoms with Crippen molar-refractivity contribution >= 4 is 27.5 Å². The third-order valence-corrected chi connectivity index (χ3v) is 4.70. The first-order chi connectivity index (χ1) is 11.2. The molecule has 0 bridgehead atoms. The van der Waals surface area contributed by atoms with Crippen molar-refractivity contribution in [3.63, 3.8) is 0 Å². The summed E-state index contributed by atoms with van der Waals surface area (Å²) in [5, 5.41) is 16.1. The zero-order valence-electron chi connectivity index (χ0n) is 12.6. The third kappa shape index (κ3) is 4.23. The molecule has 0 unspecified atom stereocenters. The van der Waals surface area contributed by atoms with Gasteiger partial charge in [0, 0.05) is 22.7 Å². The summed E-state index contributed by atoms with van der Waals surface area (Å²) in [5.41, 5.74) is 0.947. The van der Waals surface area contributed by atoms with E-state index < -0.39 is 0 Å². The molecule has 1 aromatic heterocycles. The van der Waals surface area contributed by atoms with Gasteiger partial charge in [0.25, 0.3) is 0 Å². The van der Waals surface area contributed by atoms with E-state index in [9.17, 15) is 9.90 Å². The van der Waals surface area contributed by atoms with E-state index in [2.05, 4.69) is 28.8 Å². The summed E-state index contributed by atoms with van der Waals surface area (Å²) in [5.74, 6) is 0.224. The second-order valence-corrected chi connectivity index (χ2v) is 6.44. The van der Waals surface area contributed by atoms with Crippen LogP contribution in [0.2, 0.25) is 0 Å². The molecule has 1 heterocycles. The standard InChI is InChI=1S/C18H18N2O2S/c21-15-7-5-13(6-8-15)12-20-18(22)19-10-9-16-11-14-3-1-2-4-17(14)23-16/h1-8,11,21H,9-10,12H2,(H2,19,20,22). The highest BCUT2D eigenvalue weighted by atomic mass is 32.1. The number of benzene rings is 2. The summed E-state index contributed by atoms with van der Waals surface area (Å²) in [6.07, 6.45) is 0.825. The van der Waals surface area contributed by atoms with Crippen molar-refractivity contribution in [1.82, 2.24) is 10.6 Å². The molecule has 3 aromatic rings. The number of hydrogen-bond acceptors (Lipinski definition) is 3. The number of phenolic OH excluding ortho intramolecular Hbond substituents is 1. The summed E-state index contributed by atoms with van der Waals surface area (Å²) in [7, 11) is 0. The van der Waals surface area contributed by atoms with E-state index in [0.717, 1.165) is 12.0 Å². The van der Waals surface area contributed by atoms with Gasteiger partial charge in [-0.1, -0.05) is 30.3 Å². The molecule has 0 atom stereocenters. The van der Waals surface area contributed by atoms with Gasteiger partial charge in [0.05, 0.1) is 0 Å². The number of phenols is 1. The second kappa shape index (κ2) is 7.15. The van der Waals surface area contributed by atoms with Crippen LogP contribution in [-0.2, 0) is 13.0 Å². The molecule has 23 heavy (non-hydrogen) atoms. The monoisotopic (exact) mass is 326 g/mol. The van der Waals surface area contributed by atoms with Crippen LogP contribution in [0.3, 0.4) is 0 Å². The van der Waals surface area contributed by atoms with Gasteiger partial charge < -0.3 is 15.7 Å². The van der Waals surface area contributed by atoms with Crippen molar-refractivity contribution in [1.29, 1.82) is 0 Å². The fourth-order valence-corrected chi connectivity index (χ4v) is 3.38. The first-order valence-electron chi connectivity index (χ1n) is 7.48. The molecule has 4 nitrogen and oxygen atoms in total. The Balaban J connectivity index is 1.43. The van der Waals surface area contributed by atoms with E-state index in [4.69, 9.17) is 0 Å². The van der Waals surface area contributed by atoms with Crippen molar-refractivity contribution in [3.05, 3.63) is 65.0 Å². The Morgan fingerprint density at radius 2 is 1.83 bits per heavy atom. The van der Waals surface area contributed by atoms with Crippen LogP contribution >= 0.6 is 11.3 Å². The molecule has 2 aromatic carbocycles. The highest BCUT2D eigenvalue weighted by Gasteiger charge is 2.03. The molecule has 0 saturated carbocycles. The summed E-state index contributed by atoms with van der Waals surface area (Å²) in [6, 6.07) is 17.1. The first kappa shape index (κ1) is 15.4. The Bertz CT molecular complexity index is 763. The predicted octanol–water partition coefficient (Wildman–Crippen LogP) is 3.65. The molecule has 5 heteroatoms. The molecule has 3 N–H and O–H groups in total. The van der Waals surface area contributed by atoms with Crippen molar-refractivity contribution in [2.75, 3.05) is 6.54 Å². The third-order valence-electron chi connectivity index (χ3n) is 3.52. The van der Waals surface area contributed by atoms with Gasteiger partial charge in [0.1, 0.15) is 5.75 Å². The fraction of sp³-hybridized carbons (Fsp3) is 0.167. The second-order valence-electron chi connectivity index (χ2n) is 5.28. The summed E-state index contributed by atoms with van der Waals surface area (Å²) in [6.45, 7) is 1.04. The van der Waals surface area contributed by atoms with Crippen molar-refractivity contribution < 1.29 is 9.90 Å². The molecular weight excluding hydrogens is 308 g/mol. The van der Waals surface area contributed by atoms with Gasteiger partial charge in [-0.05, 0) is 41.6 Å². The maximum Gasteiger partial charge on any atom is 0.315 e. The van der Waals surface area contributed by atoms with Crippen LogP contribution in [0.4, 0.5) is 4.79 Å². The number of amides is 2. The van der Waals surface area contributed by atoms with E-state index in [-0.39, 0.29) is 11.8 Å². The minimum atomic E-state index is -0.181. The molecule has 0 spiro atoms. The molecule has 0 fully saturated rings. The minimum absolute atomic E-state index is 0.181. The number of hydrogen-bond donors (Lipinski definition) is 3. The molecule has 0 aliphatic carbocycles. The Hall–Kier alpha value is -2.53. The molecule has 118 valence electrons. The lowest BCUT2D eigenvalue weighted by atomic mass is 10.2. The van der Waals surface area contributed by atoms with Crippen molar-refractivity contribution in [2.24, 2.45) is 0 Å². The number of aromatic hydroxyl groups is 1. The number of rotatable bonds is 5. The van der Waals surface area contributed by atoms with Gasteiger partial charge in [-0.2, -0.15) is 0 Å². The molecule has 0 aliphatic heterocycles. The molecule has 2 amide bonds. The minimum Gasteiger partial charge on any atom is -0.508 e. The topological polar surface area (TPSA) is 61.4 Å². The SMILES string of the molecule is O=C(NCCc1cc2ccccc2s1)NCc1ccc(O)cc1. The highest BCUT2D eigenvalue weighted by molar-refractivity contribution is 7.19. The van der Waals surface area contributed by atoms with E-state index in [1.54, 1.807) is 35.6 Å². The van der Waals surface area contributed by atoms with Gasteiger partial charge in [0.15, 0.2) is 0 Å². The van der Waals surface area contributed by atoms with Gasteiger partial charge in [-0.3, -0.25) is 0 Å². The fourth-order valence-electron chi connectivity index (χ4n) is 2.32. The number of carbonyl (C=O) groups excluding carboxylic acids is 1. The number of nitrogens with one attached hydrogen (secondary N) is 2. The first-order valence-corrected chi connectivity index (χ1v) is 8.29. The zero-order valence-corrected chi connectivity index (χ0v) is 13.4. The van der Waals surface area contributed by atoms with Crippen LogP contribution in [0.25, 0.3) is 10.1 Å². The largest absolute Gasteiger partial charge is 0.508 e. The molecule has 3 rings (SSSR count). The van der Waals surface area contributed by atoms with Crippen LogP contribution < -0.4 is 10.6 Å². The lowest BCUT2D eigenvalue weighted by Gasteiger charge is -2.07. The number of fused-ring (bicyclic) bond motifs is 1. The quantitative estimate of drug-likeness (QED) is 0.670. The Morgan fingerprint density at radius 3 is 2.61 bits per heavy atom. The van der Waals surface area contributed by atoms with E-state index in [1.807, 2.05) is 12.1 Å². The number of urea groups is 1. The maximum absolute atomic E-state index is 11.8. The van der Waals surface area contributed by atoms with Gasteiger partial charge in [0.2, 0.25) is 0 Å². The van der Waals surface area contributed by atoms with Crippen LogP contribution in [0.5, 0.6) is 5.75 Å². The Labute approximate surface area is 138 Å². The average Bonchev–Trinajstić information content (AvgIpc) is 2.97. The van der Waals surface area contributed by atoms with Crippen molar-refractivity contribution in [3.8, 4) is 5.75 Å². The van der Waals surface area contributed by atoms with Gasteiger partial charge in [-0.15, -0.1) is 11.3 Å². The normalized spacial score (nSPS) is 10.6. The Morgan fingerprint density at radius 1 is 1.04 bits per heavy atom. The van der Waals surface area contributed by atoms with Crippen LogP contribution in [0.1, 0.15) is 10.4 Å². The van der Waals surface area contributed by atoms with Crippen LogP contribution in [-0.4, -0.2) is 17.7 Å². The number of thiophene rings is 1. The van der Waals surface area contributed by atoms with Gasteiger partial charge in [-0.25, -0.2) is 4.79 Å². The molecule has 0 aliphatic rings. The summed E-state index contributed by atoms with van der Waals surface area (Å²) >= 11 is 1.77. The van der Waals surface area contributed by atoms with Gasteiger partial charge >= 0.3 is 6.03 Å². The molecule has 0 saturated heterocycles. The average molecular weight is 326 g/mol. The zero-order chi connectivity index (χ0) is 16.1. The lowest BCUT2D eigenvalue weighted by molar-refractivity contribution is 0.240. The maximum atomic E-state index is 11.8. The summed E-state index contributed by atoms with van der Waals surface area (Å²) in [4.78, 5) is 13.0. The van der Waals surface area contributed by atoms with E-state index in [1.165, 1.54) is 15.0 Å². The lowest BCUT2D eigenvalue weighted by Crippen LogP contribution is -2.36. The molecular formula is C18H18N2O2S. The van der Waals surface area contributed by atoms with Crippen LogP contribution in [0.15, 0.2) is 54.6 Å². The Kier molecular flexibility index (Phi) is 4.78. The van der Waals surface area contributed by atoms with E-state index >= 15 is 0 Å². The van der Waals surface area contributed by atoms with E-state index in [0.29, 0.717) is 13.1 Å². The van der Waals surface area contributed by atoms with Crippen LogP contribution in [0, 0.1) is 0 Å². The predicted molar refractivity (Wildman–Crippen MR) is 93.9 cm³/mol. The highest BCUT2D eigenvalue weighted by Crippen LogP contribution is 2.25. The smallest absolute Gasteiger partial charge is 0.315 e. The summed E-state index contributed by atoms with van der Waals surface area (Å²) < 4.78 is 1.28. The number of carbonyl (C=O) groups is 1. The molecule has 0 radical (unpaired) electrons. The van der Waals surface area contributed by atoms with Crippen molar-refractivity contribution in [2.45, 2.75) is 13.0 Å².